The first-order valence-corrected chi connectivity index (χ1v) is 9.05. The number of rotatable bonds is 4. The van der Waals surface area contributed by atoms with Crippen molar-refractivity contribution in [1.29, 1.82) is 0 Å². The van der Waals surface area contributed by atoms with Crippen molar-refractivity contribution in [2.75, 3.05) is 12.7 Å². The van der Waals surface area contributed by atoms with E-state index in [9.17, 15) is 13.0 Å². The molecule has 5 N–H and O–H groups in total. The van der Waals surface area contributed by atoms with E-state index in [0.29, 0.717) is 0 Å². The zero-order chi connectivity index (χ0) is 16.8. The molecule has 0 saturated carbocycles. The molecule has 2 atom stereocenters. The minimum Gasteiger partial charge on any atom is -0.387 e. The molecule has 0 aliphatic heterocycles. The number of fused-ring (bicyclic) bond motifs is 1. The van der Waals surface area contributed by atoms with Crippen LogP contribution in [0.2, 0.25) is 0 Å². The van der Waals surface area contributed by atoms with Crippen molar-refractivity contribution in [2.45, 2.75) is 11.0 Å². The van der Waals surface area contributed by atoms with E-state index < -0.39 is 24.3 Å². The van der Waals surface area contributed by atoms with Gasteiger partial charge in [-0.05, 0) is 27.5 Å². The molecule has 1 unspecified atom stereocenters. The SMILES string of the molecule is NC[C@H](O)C[P+](=O)O.O=S(=O)(O)c1ccc2ccccc2c1. The third-order valence-electron chi connectivity index (χ3n) is 2.66. The molecule has 0 heterocycles. The second-order valence-electron chi connectivity index (χ2n) is 4.41. The Labute approximate surface area is 129 Å². The normalized spacial score (nSPS) is 13.2. The molecule has 0 fully saturated rings. The highest BCUT2D eigenvalue weighted by Gasteiger charge is 2.16. The molecular weight excluding hydrogens is 329 g/mol. The average molecular weight is 346 g/mol. The maximum atomic E-state index is 10.8. The number of hydrogen-bond acceptors (Lipinski definition) is 5. The van der Waals surface area contributed by atoms with E-state index in [1.807, 2.05) is 18.2 Å². The van der Waals surface area contributed by atoms with Crippen LogP contribution >= 0.6 is 8.03 Å². The Kier molecular flexibility index (Phi) is 7.02. The topological polar surface area (TPSA) is 138 Å². The van der Waals surface area contributed by atoms with Crippen LogP contribution in [0, 0.1) is 0 Å². The Hall–Kier alpha value is -1.41. The summed E-state index contributed by atoms with van der Waals surface area (Å²) >= 11 is 0. The Balaban J connectivity index is 0.000000261. The second kappa shape index (κ2) is 8.28. The molecular formula is C13H17NO6PS+. The summed E-state index contributed by atoms with van der Waals surface area (Å²) in [6, 6.07) is 11.9. The summed E-state index contributed by atoms with van der Waals surface area (Å²) in [5, 5.41) is 10.3. The number of aliphatic hydroxyl groups excluding tert-OH is 1. The van der Waals surface area contributed by atoms with Crippen molar-refractivity contribution in [3.05, 3.63) is 42.5 Å². The number of aliphatic hydroxyl groups is 1. The van der Waals surface area contributed by atoms with E-state index in [1.54, 1.807) is 12.1 Å². The summed E-state index contributed by atoms with van der Waals surface area (Å²) in [6.45, 7) is 0.0433. The van der Waals surface area contributed by atoms with E-state index in [0.717, 1.165) is 10.8 Å². The number of hydrogen-bond donors (Lipinski definition) is 4. The fraction of sp³-hybridized carbons (Fsp3) is 0.231. The third-order valence-corrected chi connectivity index (χ3v) is 4.24. The fourth-order valence-electron chi connectivity index (χ4n) is 1.58. The van der Waals surface area contributed by atoms with E-state index in [-0.39, 0.29) is 17.6 Å². The summed E-state index contributed by atoms with van der Waals surface area (Å²) in [7, 11) is -6.32. The Morgan fingerprint density at radius 2 is 1.73 bits per heavy atom. The molecule has 0 spiro atoms. The van der Waals surface area contributed by atoms with Crippen LogP contribution in [0.4, 0.5) is 0 Å². The summed E-state index contributed by atoms with van der Waals surface area (Å²) in [5.41, 5.74) is 4.93. The van der Waals surface area contributed by atoms with Crippen molar-refractivity contribution >= 4 is 28.9 Å². The van der Waals surface area contributed by atoms with Gasteiger partial charge in [0.2, 0.25) is 6.16 Å². The van der Waals surface area contributed by atoms with Crippen LogP contribution in [0.25, 0.3) is 10.8 Å². The van der Waals surface area contributed by atoms with Gasteiger partial charge in [0, 0.05) is 6.54 Å². The van der Waals surface area contributed by atoms with Crippen LogP contribution in [0.1, 0.15) is 0 Å². The Morgan fingerprint density at radius 1 is 1.14 bits per heavy atom. The van der Waals surface area contributed by atoms with Crippen LogP contribution in [0.5, 0.6) is 0 Å². The molecule has 2 rings (SSSR count). The van der Waals surface area contributed by atoms with E-state index >= 15 is 0 Å². The smallest absolute Gasteiger partial charge is 0.387 e. The van der Waals surface area contributed by atoms with Gasteiger partial charge in [-0.15, -0.1) is 0 Å². The number of benzene rings is 2. The number of nitrogens with two attached hydrogens (primary N) is 1. The molecule has 0 bridgehead atoms. The summed E-state index contributed by atoms with van der Waals surface area (Å²) in [4.78, 5) is 8.07. The third kappa shape index (κ3) is 6.15. The minimum absolute atomic E-state index is 0.0433. The van der Waals surface area contributed by atoms with Gasteiger partial charge in [-0.3, -0.25) is 4.55 Å². The lowest BCUT2D eigenvalue weighted by molar-refractivity contribution is 0.204. The van der Waals surface area contributed by atoms with Gasteiger partial charge in [0.15, 0.2) is 0 Å². The van der Waals surface area contributed by atoms with Gasteiger partial charge in [-0.1, -0.05) is 30.3 Å². The summed E-state index contributed by atoms with van der Waals surface area (Å²) < 4.78 is 40.4. The highest BCUT2D eigenvalue weighted by Crippen LogP contribution is 2.18. The highest BCUT2D eigenvalue weighted by molar-refractivity contribution is 7.85. The quantitative estimate of drug-likeness (QED) is 0.481. The fourth-order valence-corrected chi connectivity index (χ4v) is 2.61. The second-order valence-corrected chi connectivity index (χ2v) is 6.90. The van der Waals surface area contributed by atoms with Crippen LogP contribution in [0.3, 0.4) is 0 Å². The van der Waals surface area contributed by atoms with E-state index in [2.05, 4.69) is 0 Å². The highest BCUT2D eigenvalue weighted by atomic mass is 32.2. The van der Waals surface area contributed by atoms with Gasteiger partial charge < -0.3 is 10.8 Å². The van der Waals surface area contributed by atoms with E-state index in [4.69, 9.17) is 20.3 Å². The van der Waals surface area contributed by atoms with Crippen LogP contribution < -0.4 is 5.73 Å². The Morgan fingerprint density at radius 3 is 2.18 bits per heavy atom. The zero-order valence-corrected chi connectivity index (χ0v) is 13.2. The lowest BCUT2D eigenvalue weighted by Crippen LogP contribution is -2.21. The van der Waals surface area contributed by atoms with Gasteiger partial charge >= 0.3 is 8.03 Å². The standard InChI is InChI=1S/C10H8O3S.C3H8NO3P/c11-14(12,13)10-6-5-8-3-1-2-4-9(8)7-10;4-1-3(5)2-8(6)7/h1-7H,(H,11,12,13);3,5H,1-2,4H2/p+1/t;3-/m.0/s1. The molecule has 2 aromatic carbocycles. The molecule has 0 aliphatic carbocycles. The zero-order valence-electron chi connectivity index (χ0n) is 11.5. The first-order chi connectivity index (χ1) is 10.2. The van der Waals surface area contributed by atoms with Gasteiger partial charge in [0.05, 0.1) is 4.90 Å². The van der Waals surface area contributed by atoms with Crippen LogP contribution in [-0.2, 0) is 14.7 Å². The van der Waals surface area contributed by atoms with Crippen molar-refractivity contribution in [2.24, 2.45) is 5.73 Å². The summed E-state index contributed by atoms with van der Waals surface area (Å²) in [6.07, 6.45) is -0.949. The molecule has 0 saturated heterocycles. The van der Waals surface area contributed by atoms with Gasteiger partial charge in [0.1, 0.15) is 6.10 Å². The molecule has 0 amide bonds. The largest absolute Gasteiger partial charge is 0.508 e. The predicted octanol–water partition coefficient (Wildman–Crippen LogP) is 1.13. The lowest BCUT2D eigenvalue weighted by atomic mass is 10.1. The lowest BCUT2D eigenvalue weighted by Gasteiger charge is -1.99. The van der Waals surface area contributed by atoms with Crippen LogP contribution in [-0.4, -0.2) is 41.8 Å². The summed E-state index contributed by atoms with van der Waals surface area (Å²) in [5.74, 6) is 0. The maximum Gasteiger partial charge on any atom is 0.508 e. The van der Waals surface area contributed by atoms with Gasteiger partial charge in [0.25, 0.3) is 10.1 Å². The maximum absolute atomic E-state index is 10.8. The van der Waals surface area contributed by atoms with Crippen molar-refractivity contribution in [3.8, 4) is 0 Å². The van der Waals surface area contributed by atoms with Crippen molar-refractivity contribution < 1.29 is 27.5 Å². The van der Waals surface area contributed by atoms with Gasteiger partial charge in [-0.2, -0.15) is 13.3 Å². The van der Waals surface area contributed by atoms with E-state index in [1.165, 1.54) is 12.1 Å². The average Bonchev–Trinajstić information content (AvgIpc) is 2.45. The van der Waals surface area contributed by atoms with Crippen molar-refractivity contribution in [1.82, 2.24) is 0 Å². The van der Waals surface area contributed by atoms with Crippen molar-refractivity contribution in [3.63, 3.8) is 0 Å². The first kappa shape index (κ1) is 18.6. The van der Waals surface area contributed by atoms with Gasteiger partial charge in [-0.25, -0.2) is 0 Å². The molecule has 2 aromatic rings. The van der Waals surface area contributed by atoms with Crippen LogP contribution in [0.15, 0.2) is 47.4 Å². The molecule has 120 valence electrons. The molecule has 0 radical (unpaired) electrons. The minimum atomic E-state index is -4.09. The first-order valence-electron chi connectivity index (χ1n) is 6.22. The molecule has 0 aliphatic rings. The molecule has 0 aromatic heterocycles. The molecule has 7 nitrogen and oxygen atoms in total. The predicted molar refractivity (Wildman–Crippen MR) is 83.5 cm³/mol. The monoisotopic (exact) mass is 346 g/mol. The molecule has 9 heteroatoms. The Bertz CT molecular complexity index is 749. The molecule has 22 heavy (non-hydrogen) atoms.